The average molecular weight is 452 g/mol. The van der Waals surface area contributed by atoms with Crippen molar-refractivity contribution in [2.45, 2.75) is 13.0 Å². The van der Waals surface area contributed by atoms with E-state index >= 15 is 0 Å². The quantitative estimate of drug-likeness (QED) is 0.553. The number of aromatic nitrogens is 1. The van der Waals surface area contributed by atoms with Crippen molar-refractivity contribution in [3.05, 3.63) is 70.7 Å². The van der Waals surface area contributed by atoms with E-state index in [0.717, 1.165) is 49.1 Å². The first-order valence-electron chi connectivity index (χ1n) is 10.4. The molecule has 1 amide bonds. The summed E-state index contributed by atoms with van der Waals surface area (Å²) in [5.74, 6) is -0.569. The average Bonchev–Trinajstić information content (AvgIpc) is 3.28. The molecule has 1 saturated heterocycles. The van der Waals surface area contributed by atoms with E-state index in [2.05, 4.69) is 44.2 Å². The molecule has 1 fully saturated rings. The standard InChI is InChI=1S/C24H25N3O4S/c1-30-24(29)19-6-8-20(9-7-19)25-22(28)14-21-16-32-23(26-21)18-4-2-17(3-5-18)15-27-10-12-31-13-11-27/h2-9,16H,10-15H2,1H3,(H,25,28). The van der Waals surface area contributed by atoms with Crippen LogP contribution in [0.2, 0.25) is 0 Å². The number of hydrogen-bond donors (Lipinski definition) is 1. The highest BCUT2D eigenvalue weighted by atomic mass is 32.1. The number of nitrogens with one attached hydrogen (secondary N) is 1. The maximum absolute atomic E-state index is 12.4. The highest BCUT2D eigenvalue weighted by Gasteiger charge is 2.13. The Morgan fingerprint density at radius 3 is 2.50 bits per heavy atom. The molecule has 7 nitrogen and oxygen atoms in total. The van der Waals surface area contributed by atoms with Crippen molar-refractivity contribution < 1.29 is 19.1 Å². The summed E-state index contributed by atoms with van der Waals surface area (Å²) in [6, 6.07) is 15.0. The zero-order valence-corrected chi connectivity index (χ0v) is 18.7. The van der Waals surface area contributed by atoms with Crippen LogP contribution in [-0.4, -0.2) is 55.2 Å². The van der Waals surface area contributed by atoms with Gasteiger partial charge < -0.3 is 14.8 Å². The van der Waals surface area contributed by atoms with Gasteiger partial charge in [0.1, 0.15) is 5.01 Å². The van der Waals surface area contributed by atoms with E-state index in [1.54, 1.807) is 24.3 Å². The van der Waals surface area contributed by atoms with Crippen molar-refractivity contribution in [3.8, 4) is 10.6 Å². The largest absolute Gasteiger partial charge is 0.465 e. The minimum absolute atomic E-state index is 0.159. The zero-order chi connectivity index (χ0) is 22.3. The number of thiazole rings is 1. The Labute approximate surface area is 191 Å². The lowest BCUT2D eigenvalue weighted by Crippen LogP contribution is -2.35. The molecule has 1 N–H and O–H groups in total. The van der Waals surface area contributed by atoms with Gasteiger partial charge in [-0.15, -0.1) is 11.3 Å². The van der Waals surface area contributed by atoms with E-state index in [9.17, 15) is 9.59 Å². The van der Waals surface area contributed by atoms with E-state index < -0.39 is 5.97 Å². The van der Waals surface area contributed by atoms with Crippen molar-refractivity contribution in [1.29, 1.82) is 0 Å². The van der Waals surface area contributed by atoms with Gasteiger partial charge in [-0.2, -0.15) is 0 Å². The number of morpholine rings is 1. The van der Waals surface area contributed by atoms with Gasteiger partial charge in [0.05, 0.1) is 38.0 Å². The Morgan fingerprint density at radius 1 is 1.09 bits per heavy atom. The molecular weight excluding hydrogens is 426 g/mol. The van der Waals surface area contributed by atoms with Crippen LogP contribution >= 0.6 is 11.3 Å². The Kier molecular flexibility index (Phi) is 7.26. The first kappa shape index (κ1) is 22.1. The minimum atomic E-state index is -0.410. The summed E-state index contributed by atoms with van der Waals surface area (Å²) in [6.45, 7) is 4.45. The van der Waals surface area contributed by atoms with Crippen molar-refractivity contribution >= 4 is 28.9 Å². The molecule has 0 spiro atoms. The third-order valence-electron chi connectivity index (χ3n) is 5.19. The first-order valence-corrected chi connectivity index (χ1v) is 11.3. The molecule has 8 heteroatoms. The van der Waals surface area contributed by atoms with Crippen LogP contribution in [0.4, 0.5) is 5.69 Å². The lowest BCUT2D eigenvalue weighted by atomic mass is 10.1. The number of anilines is 1. The fourth-order valence-electron chi connectivity index (χ4n) is 3.47. The number of rotatable bonds is 7. The van der Waals surface area contributed by atoms with Gasteiger partial charge in [0.2, 0.25) is 5.91 Å². The van der Waals surface area contributed by atoms with Gasteiger partial charge >= 0.3 is 5.97 Å². The molecule has 2 aromatic carbocycles. The first-order chi connectivity index (χ1) is 15.6. The molecule has 32 heavy (non-hydrogen) atoms. The van der Waals surface area contributed by atoms with Crippen LogP contribution in [0.15, 0.2) is 53.9 Å². The molecule has 166 valence electrons. The molecule has 4 rings (SSSR count). The van der Waals surface area contributed by atoms with Gasteiger partial charge in [0, 0.05) is 36.3 Å². The van der Waals surface area contributed by atoms with Crippen molar-refractivity contribution in [2.75, 3.05) is 38.7 Å². The molecule has 1 aliphatic heterocycles. The van der Waals surface area contributed by atoms with E-state index in [4.69, 9.17) is 4.74 Å². The fourth-order valence-corrected chi connectivity index (χ4v) is 4.29. The number of ether oxygens (including phenoxy) is 2. The summed E-state index contributed by atoms with van der Waals surface area (Å²) in [6.07, 6.45) is 0.185. The molecule has 1 aromatic heterocycles. The predicted octanol–water partition coefficient (Wildman–Crippen LogP) is 3.61. The number of nitrogens with zero attached hydrogens (tertiary/aromatic N) is 2. The second-order valence-corrected chi connectivity index (χ2v) is 8.38. The number of carbonyl (C=O) groups excluding carboxylic acids is 2. The summed E-state index contributed by atoms with van der Waals surface area (Å²) < 4.78 is 10.1. The number of carbonyl (C=O) groups is 2. The van der Waals surface area contributed by atoms with Gasteiger partial charge in [-0.3, -0.25) is 9.69 Å². The minimum Gasteiger partial charge on any atom is -0.465 e. The topological polar surface area (TPSA) is 80.8 Å². The molecule has 1 aliphatic rings. The van der Waals surface area contributed by atoms with E-state index in [1.807, 2.05) is 5.38 Å². The molecule has 0 radical (unpaired) electrons. The van der Waals surface area contributed by atoms with Crippen molar-refractivity contribution in [2.24, 2.45) is 0 Å². The van der Waals surface area contributed by atoms with E-state index in [1.165, 1.54) is 24.0 Å². The fraction of sp³-hybridized carbons (Fsp3) is 0.292. The Bertz CT molecular complexity index is 1060. The molecule has 0 atom stereocenters. The van der Waals surface area contributed by atoms with Crippen LogP contribution in [-0.2, 0) is 27.2 Å². The van der Waals surface area contributed by atoms with E-state index in [-0.39, 0.29) is 12.3 Å². The molecule has 0 unspecified atom stereocenters. The second kappa shape index (κ2) is 10.5. The molecular formula is C24H25N3O4S. The van der Waals surface area contributed by atoms with Crippen molar-refractivity contribution in [1.82, 2.24) is 9.88 Å². The van der Waals surface area contributed by atoms with Crippen LogP contribution in [0, 0.1) is 0 Å². The molecule has 0 saturated carbocycles. The van der Waals surface area contributed by atoms with Crippen LogP contribution in [0.25, 0.3) is 10.6 Å². The van der Waals surface area contributed by atoms with E-state index in [0.29, 0.717) is 11.3 Å². The van der Waals surface area contributed by atoms with Crippen LogP contribution in [0.3, 0.4) is 0 Å². The summed E-state index contributed by atoms with van der Waals surface area (Å²) in [4.78, 5) is 30.9. The van der Waals surface area contributed by atoms with Gasteiger partial charge in [-0.05, 0) is 29.8 Å². The monoisotopic (exact) mass is 451 g/mol. The number of benzene rings is 2. The van der Waals surface area contributed by atoms with Crippen LogP contribution in [0.5, 0.6) is 0 Å². The summed E-state index contributed by atoms with van der Waals surface area (Å²) >= 11 is 1.53. The summed E-state index contributed by atoms with van der Waals surface area (Å²) in [5, 5.41) is 5.64. The smallest absolute Gasteiger partial charge is 0.337 e. The number of amides is 1. The third kappa shape index (κ3) is 5.79. The lowest BCUT2D eigenvalue weighted by molar-refractivity contribution is -0.115. The highest BCUT2D eigenvalue weighted by molar-refractivity contribution is 7.13. The normalized spacial score (nSPS) is 14.2. The maximum Gasteiger partial charge on any atom is 0.337 e. The molecule has 0 aliphatic carbocycles. The Hall–Kier alpha value is -3.07. The lowest BCUT2D eigenvalue weighted by Gasteiger charge is -2.26. The van der Waals surface area contributed by atoms with Crippen LogP contribution < -0.4 is 5.32 Å². The number of esters is 1. The second-order valence-electron chi connectivity index (χ2n) is 7.52. The summed E-state index contributed by atoms with van der Waals surface area (Å²) in [7, 11) is 1.33. The van der Waals surface area contributed by atoms with Crippen molar-refractivity contribution in [3.63, 3.8) is 0 Å². The molecule has 3 aromatic rings. The third-order valence-corrected chi connectivity index (χ3v) is 6.13. The number of methoxy groups -OCH3 is 1. The molecule has 0 bridgehead atoms. The van der Waals surface area contributed by atoms with Gasteiger partial charge in [0.25, 0.3) is 0 Å². The number of hydrogen-bond acceptors (Lipinski definition) is 7. The zero-order valence-electron chi connectivity index (χ0n) is 17.9. The maximum atomic E-state index is 12.4. The van der Waals surface area contributed by atoms with Gasteiger partial charge in [0.15, 0.2) is 0 Å². The predicted molar refractivity (Wildman–Crippen MR) is 124 cm³/mol. The van der Waals surface area contributed by atoms with Gasteiger partial charge in [-0.25, -0.2) is 9.78 Å². The molecule has 2 heterocycles. The highest BCUT2D eigenvalue weighted by Crippen LogP contribution is 2.25. The Balaban J connectivity index is 1.32. The SMILES string of the molecule is COC(=O)c1ccc(NC(=O)Cc2csc(-c3ccc(CN4CCOCC4)cc3)n2)cc1. The van der Waals surface area contributed by atoms with Crippen LogP contribution in [0.1, 0.15) is 21.6 Å². The summed E-state index contributed by atoms with van der Waals surface area (Å²) in [5.41, 5.74) is 4.10. The van der Waals surface area contributed by atoms with Gasteiger partial charge in [-0.1, -0.05) is 24.3 Å². The Morgan fingerprint density at radius 2 is 1.81 bits per heavy atom.